The number of hydrogen-bond acceptors (Lipinski definition) is 4. The number of hydrogen-bond donors (Lipinski definition) is 2. The Morgan fingerprint density at radius 2 is 2.31 bits per heavy atom. The maximum absolute atomic E-state index is 6.17. The van der Waals surface area contributed by atoms with Crippen molar-refractivity contribution in [2.24, 2.45) is 5.73 Å². The quantitative estimate of drug-likeness (QED) is 0.820. The summed E-state index contributed by atoms with van der Waals surface area (Å²) >= 11 is 1.88. The second-order valence-corrected chi connectivity index (χ2v) is 5.74. The van der Waals surface area contributed by atoms with Gasteiger partial charge in [0.15, 0.2) is 0 Å². The van der Waals surface area contributed by atoms with Crippen molar-refractivity contribution in [1.82, 2.24) is 5.32 Å². The smallest absolute Gasteiger partial charge is 0.0659 e. The number of aryl methyl sites for hydroxylation is 1. The summed E-state index contributed by atoms with van der Waals surface area (Å²) in [6, 6.07) is 4.41. The van der Waals surface area contributed by atoms with Crippen LogP contribution in [0.4, 0.5) is 0 Å². The molecule has 1 aliphatic rings. The Kier molecular flexibility index (Phi) is 3.97. The minimum Gasteiger partial charge on any atom is -0.379 e. The average Bonchev–Trinajstić information content (AvgIpc) is 2.88. The van der Waals surface area contributed by atoms with Gasteiger partial charge in [-0.15, -0.1) is 11.3 Å². The first-order valence-corrected chi connectivity index (χ1v) is 6.68. The summed E-state index contributed by atoms with van der Waals surface area (Å²) in [5.74, 6) is 0. The molecule has 2 heterocycles. The molecular formula is C12H20N2OS. The number of nitrogens with one attached hydrogen (secondary N) is 1. The number of rotatable bonds is 5. The minimum atomic E-state index is -0.148. The number of thiophene rings is 1. The molecule has 0 aliphatic carbocycles. The van der Waals surface area contributed by atoms with E-state index in [9.17, 15) is 0 Å². The predicted octanol–water partition coefficient (Wildman–Crippen LogP) is 1.52. The van der Waals surface area contributed by atoms with Crippen LogP contribution in [0.1, 0.15) is 23.1 Å². The Balaban J connectivity index is 1.75. The molecule has 0 aromatic carbocycles. The third-order valence-electron chi connectivity index (χ3n) is 2.98. The first kappa shape index (κ1) is 12.0. The zero-order chi connectivity index (χ0) is 11.4. The summed E-state index contributed by atoms with van der Waals surface area (Å²) < 4.78 is 5.32. The lowest BCUT2D eigenvalue weighted by Crippen LogP contribution is -2.49. The largest absolute Gasteiger partial charge is 0.379 e. The van der Waals surface area contributed by atoms with Gasteiger partial charge >= 0.3 is 0 Å². The van der Waals surface area contributed by atoms with Gasteiger partial charge in [0.05, 0.1) is 12.1 Å². The second kappa shape index (κ2) is 5.27. The molecule has 1 aromatic heterocycles. The summed E-state index contributed by atoms with van der Waals surface area (Å²) in [5.41, 5.74) is 6.02. The van der Waals surface area contributed by atoms with Gasteiger partial charge in [-0.05, 0) is 25.0 Å². The van der Waals surface area contributed by atoms with E-state index in [1.54, 1.807) is 0 Å². The SMILES string of the molecule is CCc1ccc(CNCC2(N)CCOC2)s1. The first-order valence-electron chi connectivity index (χ1n) is 5.87. The van der Waals surface area contributed by atoms with Gasteiger partial charge in [0.2, 0.25) is 0 Å². The maximum Gasteiger partial charge on any atom is 0.0659 e. The van der Waals surface area contributed by atoms with Crippen molar-refractivity contribution in [3.63, 3.8) is 0 Å². The summed E-state index contributed by atoms with van der Waals surface area (Å²) in [7, 11) is 0. The Bertz CT molecular complexity index is 332. The monoisotopic (exact) mass is 240 g/mol. The van der Waals surface area contributed by atoms with E-state index in [2.05, 4.69) is 24.4 Å². The van der Waals surface area contributed by atoms with E-state index in [1.807, 2.05) is 11.3 Å². The van der Waals surface area contributed by atoms with E-state index in [4.69, 9.17) is 10.5 Å². The van der Waals surface area contributed by atoms with E-state index in [1.165, 1.54) is 9.75 Å². The van der Waals surface area contributed by atoms with Gasteiger partial charge in [0.1, 0.15) is 0 Å². The molecule has 90 valence electrons. The normalized spacial score (nSPS) is 25.1. The first-order chi connectivity index (χ1) is 7.72. The Morgan fingerprint density at radius 3 is 2.94 bits per heavy atom. The van der Waals surface area contributed by atoms with Crippen LogP contribution in [0.25, 0.3) is 0 Å². The molecule has 1 aromatic rings. The predicted molar refractivity (Wildman–Crippen MR) is 67.8 cm³/mol. The fourth-order valence-electron chi connectivity index (χ4n) is 1.90. The zero-order valence-electron chi connectivity index (χ0n) is 9.79. The highest BCUT2D eigenvalue weighted by molar-refractivity contribution is 7.11. The highest BCUT2D eigenvalue weighted by Gasteiger charge is 2.29. The third-order valence-corrected chi connectivity index (χ3v) is 4.21. The molecule has 1 atom stereocenters. The summed E-state index contributed by atoms with van der Waals surface area (Å²) in [6.07, 6.45) is 2.09. The number of ether oxygens (including phenoxy) is 1. The van der Waals surface area contributed by atoms with Gasteiger partial charge in [0.25, 0.3) is 0 Å². The molecule has 1 unspecified atom stereocenters. The van der Waals surface area contributed by atoms with Crippen molar-refractivity contribution in [2.75, 3.05) is 19.8 Å². The molecule has 0 saturated carbocycles. The lowest BCUT2D eigenvalue weighted by atomic mass is 10.0. The summed E-state index contributed by atoms with van der Waals surface area (Å²) in [4.78, 5) is 2.84. The van der Waals surface area contributed by atoms with Crippen LogP contribution >= 0.6 is 11.3 Å². The molecule has 2 rings (SSSR count). The van der Waals surface area contributed by atoms with E-state index < -0.39 is 0 Å². The Labute approximate surface area is 101 Å². The molecule has 0 spiro atoms. The molecule has 3 nitrogen and oxygen atoms in total. The van der Waals surface area contributed by atoms with Gasteiger partial charge in [-0.2, -0.15) is 0 Å². The molecule has 0 radical (unpaired) electrons. The summed E-state index contributed by atoms with van der Waals surface area (Å²) in [6.45, 7) is 5.44. The molecule has 1 saturated heterocycles. The summed E-state index contributed by atoms with van der Waals surface area (Å²) in [5, 5.41) is 3.43. The average molecular weight is 240 g/mol. The minimum absolute atomic E-state index is 0.148. The lowest BCUT2D eigenvalue weighted by Gasteiger charge is -2.21. The van der Waals surface area contributed by atoms with E-state index in [-0.39, 0.29) is 5.54 Å². The lowest BCUT2D eigenvalue weighted by molar-refractivity contribution is 0.177. The fourth-order valence-corrected chi connectivity index (χ4v) is 2.83. The molecule has 4 heteroatoms. The van der Waals surface area contributed by atoms with Gasteiger partial charge in [-0.1, -0.05) is 6.92 Å². The van der Waals surface area contributed by atoms with Crippen LogP contribution in [-0.2, 0) is 17.7 Å². The molecule has 1 fully saturated rings. The highest BCUT2D eigenvalue weighted by atomic mass is 32.1. The molecular weight excluding hydrogens is 220 g/mol. The number of nitrogens with two attached hydrogens (primary N) is 1. The second-order valence-electron chi connectivity index (χ2n) is 4.49. The van der Waals surface area contributed by atoms with Crippen LogP contribution < -0.4 is 11.1 Å². The molecule has 0 bridgehead atoms. The van der Waals surface area contributed by atoms with Crippen LogP contribution in [-0.4, -0.2) is 25.3 Å². The van der Waals surface area contributed by atoms with Crippen molar-refractivity contribution in [1.29, 1.82) is 0 Å². The van der Waals surface area contributed by atoms with Crippen LogP contribution in [0.5, 0.6) is 0 Å². The fraction of sp³-hybridized carbons (Fsp3) is 0.667. The van der Waals surface area contributed by atoms with Gasteiger partial charge in [-0.25, -0.2) is 0 Å². The van der Waals surface area contributed by atoms with E-state index in [0.29, 0.717) is 6.61 Å². The van der Waals surface area contributed by atoms with Gasteiger partial charge in [-0.3, -0.25) is 0 Å². The van der Waals surface area contributed by atoms with E-state index in [0.717, 1.165) is 32.5 Å². The van der Waals surface area contributed by atoms with Gasteiger partial charge < -0.3 is 15.8 Å². The Morgan fingerprint density at radius 1 is 1.50 bits per heavy atom. The van der Waals surface area contributed by atoms with Crippen LogP contribution in [0.2, 0.25) is 0 Å². The standard InChI is InChI=1S/C12H20N2OS/c1-2-10-3-4-11(16-10)7-14-8-12(13)5-6-15-9-12/h3-4,14H,2,5-9,13H2,1H3. The molecule has 16 heavy (non-hydrogen) atoms. The van der Waals surface area contributed by atoms with Crippen molar-refractivity contribution in [3.05, 3.63) is 21.9 Å². The van der Waals surface area contributed by atoms with Crippen molar-refractivity contribution in [2.45, 2.75) is 31.8 Å². The zero-order valence-corrected chi connectivity index (χ0v) is 10.6. The van der Waals surface area contributed by atoms with Crippen molar-refractivity contribution >= 4 is 11.3 Å². The van der Waals surface area contributed by atoms with Crippen molar-refractivity contribution in [3.8, 4) is 0 Å². The van der Waals surface area contributed by atoms with Crippen LogP contribution in [0.3, 0.4) is 0 Å². The topological polar surface area (TPSA) is 47.3 Å². The Hall–Kier alpha value is -0.420. The third kappa shape index (κ3) is 3.04. The highest BCUT2D eigenvalue weighted by Crippen LogP contribution is 2.18. The van der Waals surface area contributed by atoms with Crippen LogP contribution in [0.15, 0.2) is 12.1 Å². The molecule has 3 N–H and O–H groups in total. The molecule has 1 aliphatic heterocycles. The van der Waals surface area contributed by atoms with E-state index >= 15 is 0 Å². The van der Waals surface area contributed by atoms with Crippen LogP contribution in [0, 0.1) is 0 Å². The molecule has 0 amide bonds. The maximum atomic E-state index is 6.17. The van der Waals surface area contributed by atoms with Crippen molar-refractivity contribution < 1.29 is 4.74 Å². The van der Waals surface area contributed by atoms with Gasteiger partial charge in [0, 0.05) is 29.5 Å².